The fourth-order valence-corrected chi connectivity index (χ4v) is 2.72. The molecule has 1 amide bonds. The Hall–Kier alpha value is -3.12. The topological polar surface area (TPSA) is 76.1 Å². The van der Waals surface area contributed by atoms with Crippen LogP contribution in [0.25, 0.3) is 0 Å². The summed E-state index contributed by atoms with van der Waals surface area (Å²) in [4.78, 5) is 21.2. The van der Waals surface area contributed by atoms with Crippen LogP contribution >= 0.6 is 11.6 Å². The lowest BCUT2D eigenvalue weighted by Crippen LogP contribution is -2.16. The van der Waals surface area contributed by atoms with E-state index in [1.54, 1.807) is 32.2 Å². The standard InChI is InChI=1S/C20H19ClN4O2/c1-12-8-9-14(21)10-16(12)24-19-11-17(22-13(2)23-19)20(26)25-15-6-4-5-7-18(15)27-3/h4-11H,1-3H3,(H,25,26)(H,22,23,24). The van der Waals surface area contributed by atoms with Crippen molar-refractivity contribution >= 4 is 34.7 Å². The summed E-state index contributed by atoms with van der Waals surface area (Å²) >= 11 is 6.07. The summed E-state index contributed by atoms with van der Waals surface area (Å²) in [7, 11) is 1.55. The fourth-order valence-electron chi connectivity index (χ4n) is 2.55. The highest BCUT2D eigenvalue weighted by Crippen LogP contribution is 2.25. The van der Waals surface area contributed by atoms with E-state index in [-0.39, 0.29) is 11.6 Å². The van der Waals surface area contributed by atoms with Gasteiger partial charge < -0.3 is 15.4 Å². The van der Waals surface area contributed by atoms with E-state index < -0.39 is 0 Å². The maximum atomic E-state index is 12.7. The number of amides is 1. The molecule has 0 aliphatic rings. The first-order chi connectivity index (χ1) is 13.0. The molecule has 0 aliphatic carbocycles. The van der Waals surface area contributed by atoms with E-state index >= 15 is 0 Å². The van der Waals surface area contributed by atoms with Gasteiger partial charge in [-0.2, -0.15) is 0 Å². The van der Waals surface area contributed by atoms with Crippen LogP contribution in [0.3, 0.4) is 0 Å². The minimum absolute atomic E-state index is 0.246. The molecule has 0 aliphatic heterocycles. The first-order valence-corrected chi connectivity index (χ1v) is 8.67. The first kappa shape index (κ1) is 18.7. The Morgan fingerprint density at radius 2 is 1.81 bits per heavy atom. The molecular formula is C20H19ClN4O2. The van der Waals surface area contributed by atoms with Gasteiger partial charge in [0.15, 0.2) is 0 Å². The number of hydrogen-bond donors (Lipinski definition) is 2. The van der Waals surface area contributed by atoms with Crippen LogP contribution in [-0.4, -0.2) is 23.0 Å². The third-order valence-corrected chi connectivity index (χ3v) is 4.12. The van der Waals surface area contributed by atoms with E-state index in [9.17, 15) is 4.79 Å². The summed E-state index contributed by atoms with van der Waals surface area (Å²) in [6, 6.07) is 14.3. The van der Waals surface area contributed by atoms with E-state index in [4.69, 9.17) is 16.3 Å². The van der Waals surface area contributed by atoms with Crippen molar-refractivity contribution in [3.05, 3.63) is 70.6 Å². The van der Waals surface area contributed by atoms with E-state index in [1.807, 2.05) is 37.3 Å². The molecule has 2 aromatic carbocycles. The van der Waals surface area contributed by atoms with Crippen molar-refractivity contribution in [3.8, 4) is 5.75 Å². The molecule has 0 saturated heterocycles. The lowest BCUT2D eigenvalue weighted by molar-refractivity contribution is 0.102. The summed E-state index contributed by atoms with van der Waals surface area (Å²) < 4.78 is 5.26. The van der Waals surface area contributed by atoms with Crippen LogP contribution in [0.4, 0.5) is 17.2 Å². The largest absolute Gasteiger partial charge is 0.495 e. The second-order valence-electron chi connectivity index (χ2n) is 5.92. The highest BCUT2D eigenvalue weighted by molar-refractivity contribution is 6.30. The van der Waals surface area contributed by atoms with Crippen molar-refractivity contribution < 1.29 is 9.53 Å². The molecule has 2 N–H and O–H groups in total. The number of ether oxygens (including phenoxy) is 1. The number of aryl methyl sites for hydroxylation is 2. The molecule has 0 saturated carbocycles. The summed E-state index contributed by atoms with van der Waals surface area (Å²) in [5.74, 6) is 1.21. The van der Waals surface area contributed by atoms with Crippen molar-refractivity contribution in [1.29, 1.82) is 0 Å². The number of carbonyl (C=O) groups is 1. The van der Waals surface area contributed by atoms with Crippen molar-refractivity contribution in [2.45, 2.75) is 13.8 Å². The molecule has 3 rings (SSSR count). The van der Waals surface area contributed by atoms with Crippen molar-refractivity contribution in [2.24, 2.45) is 0 Å². The van der Waals surface area contributed by atoms with Gasteiger partial charge in [0, 0.05) is 16.8 Å². The van der Waals surface area contributed by atoms with Crippen LogP contribution < -0.4 is 15.4 Å². The van der Waals surface area contributed by atoms with Crippen LogP contribution in [0.15, 0.2) is 48.5 Å². The Balaban J connectivity index is 1.86. The lowest BCUT2D eigenvalue weighted by atomic mass is 10.2. The molecule has 6 nitrogen and oxygen atoms in total. The highest BCUT2D eigenvalue weighted by Gasteiger charge is 2.13. The maximum Gasteiger partial charge on any atom is 0.274 e. The molecule has 0 fully saturated rings. The van der Waals surface area contributed by atoms with Crippen LogP contribution in [0, 0.1) is 13.8 Å². The molecular weight excluding hydrogens is 364 g/mol. The van der Waals surface area contributed by atoms with Crippen LogP contribution in [0.5, 0.6) is 5.75 Å². The molecule has 0 spiro atoms. The molecule has 1 aromatic heterocycles. The number of benzene rings is 2. The Kier molecular flexibility index (Phi) is 5.57. The quantitative estimate of drug-likeness (QED) is 0.665. The number of methoxy groups -OCH3 is 1. The zero-order valence-electron chi connectivity index (χ0n) is 15.2. The summed E-state index contributed by atoms with van der Waals surface area (Å²) in [6.45, 7) is 3.69. The van der Waals surface area contributed by atoms with Crippen LogP contribution in [0.1, 0.15) is 21.9 Å². The smallest absolute Gasteiger partial charge is 0.274 e. The Bertz CT molecular complexity index is 991. The van der Waals surface area contributed by atoms with Crippen molar-refractivity contribution in [3.63, 3.8) is 0 Å². The van der Waals surface area contributed by atoms with E-state index in [0.717, 1.165) is 11.3 Å². The third-order valence-electron chi connectivity index (χ3n) is 3.89. The molecule has 27 heavy (non-hydrogen) atoms. The van der Waals surface area contributed by atoms with E-state index in [1.165, 1.54) is 0 Å². The molecule has 0 atom stereocenters. The number of anilines is 3. The van der Waals surface area contributed by atoms with Gasteiger partial charge in [-0.15, -0.1) is 0 Å². The normalized spacial score (nSPS) is 10.4. The second-order valence-corrected chi connectivity index (χ2v) is 6.36. The zero-order chi connectivity index (χ0) is 19.4. The predicted octanol–water partition coefficient (Wildman–Crippen LogP) is 4.75. The monoisotopic (exact) mass is 382 g/mol. The molecule has 0 bridgehead atoms. The molecule has 0 radical (unpaired) electrons. The fraction of sp³-hybridized carbons (Fsp3) is 0.150. The lowest BCUT2D eigenvalue weighted by Gasteiger charge is -2.12. The van der Waals surface area contributed by atoms with Gasteiger partial charge in [0.05, 0.1) is 12.8 Å². The molecule has 3 aromatic rings. The van der Waals surface area contributed by atoms with Gasteiger partial charge in [0.1, 0.15) is 23.1 Å². The van der Waals surface area contributed by atoms with Crippen LogP contribution in [-0.2, 0) is 0 Å². The molecule has 1 heterocycles. The number of hydrogen-bond acceptors (Lipinski definition) is 5. The number of halogens is 1. The Morgan fingerprint density at radius 1 is 1.04 bits per heavy atom. The highest BCUT2D eigenvalue weighted by atomic mass is 35.5. The SMILES string of the molecule is COc1ccccc1NC(=O)c1cc(Nc2cc(Cl)ccc2C)nc(C)n1. The molecule has 138 valence electrons. The van der Waals surface area contributed by atoms with Gasteiger partial charge in [0.2, 0.25) is 0 Å². The predicted molar refractivity (Wildman–Crippen MR) is 107 cm³/mol. The second kappa shape index (κ2) is 8.05. The van der Waals surface area contributed by atoms with Gasteiger partial charge in [0.25, 0.3) is 5.91 Å². The molecule has 7 heteroatoms. The average Bonchev–Trinajstić information content (AvgIpc) is 2.64. The minimum Gasteiger partial charge on any atom is -0.495 e. The van der Waals surface area contributed by atoms with Gasteiger partial charge >= 0.3 is 0 Å². The van der Waals surface area contributed by atoms with Gasteiger partial charge in [-0.05, 0) is 43.7 Å². The number of aromatic nitrogens is 2. The van der Waals surface area contributed by atoms with Gasteiger partial charge in [-0.3, -0.25) is 4.79 Å². The first-order valence-electron chi connectivity index (χ1n) is 8.29. The maximum absolute atomic E-state index is 12.7. The number of rotatable bonds is 5. The summed E-state index contributed by atoms with van der Waals surface area (Å²) in [5.41, 5.74) is 2.64. The number of carbonyl (C=O) groups excluding carboxylic acids is 1. The van der Waals surface area contributed by atoms with Crippen LogP contribution in [0.2, 0.25) is 5.02 Å². The van der Waals surface area contributed by atoms with Gasteiger partial charge in [-0.1, -0.05) is 29.8 Å². The van der Waals surface area contributed by atoms with Gasteiger partial charge in [-0.25, -0.2) is 9.97 Å². The van der Waals surface area contributed by atoms with E-state index in [2.05, 4.69) is 20.6 Å². The Labute approximate surface area is 162 Å². The number of nitrogens with zero attached hydrogens (tertiary/aromatic N) is 2. The van der Waals surface area contributed by atoms with Crippen molar-refractivity contribution in [2.75, 3.05) is 17.7 Å². The number of para-hydroxylation sites is 2. The average molecular weight is 383 g/mol. The zero-order valence-corrected chi connectivity index (χ0v) is 16.0. The molecule has 0 unspecified atom stereocenters. The summed E-state index contributed by atoms with van der Waals surface area (Å²) in [5, 5.41) is 6.62. The third kappa shape index (κ3) is 4.54. The number of nitrogens with one attached hydrogen (secondary N) is 2. The van der Waals surface area contributed by atoms with Crippen molar-refractivity contribution in [1.82, 2.24) is 9.97 Å². The minimum atomic E-state index is -0.351. The van der Waals surface area contributed by atoms with E-state index in [0.29, 0.717) is 28.1 Å². The summed E-state index contributed by atoms with van der Waals surface area (Å²) in [6.07, 6.45) is 0. The Morgan fingerprint density at radius 3 is 2.59 bits per heavy atom.